The first-order chi connectivity index (χ1) is 15.8. The Balaban J connectivity index is 1.73. The summed E-state index contributed by atoms with van der Waals surface area (Å²) < 4.78 is 38.9. The van der Waals surface area contributed by atoms with Crippen LogP contribution in [0, 0.1) is 0 Å². The predicted molar refractivity (Wildman–Crippen MR) is 127 cm³/mol. The molecule has 0 spiro atoms. The molecule has 7 nitrogen and oxygen atoms in total. The van der Waals surface area contributed by atoms with Crippen molar-refractivity contribution in [2.45, 2.75) is 24.3 Å². The highest BCUT2D eigenvalue weighted by atomic mass is 32.2. The second-order valence-electron chi connectivity index (χ2n) is 7.47. The third-order valence-electron chi connectivity index (χ3n) is 5.23. The maximum Gasteiger partial charge on any atom is 0.251 e. The molecule has 0 radical (unpaired) electrons. The Morgan fingerprint density at radius 3 is 2.27 bits per heavy atom. The average molecular weight is 469 g/mol. The molecule has 2 N–H and O–H groups in total. The molecular formula is C25H28N2O5S. The van der Waals surface area contributed by atoms with Crippen molar-refractivity contribution in [1.29, 1.82) is 0 Å². The van der Waals surface area contributed by atoms with Crippen LogP contribution in [0.25, 0.3) is 0 Å². The van der Waals surface area contributed by atoms with Gasteiger partial charge in [0.05, 0.1) is 20.3 Å². The van der Waals surface area contributed by atoms with E-state index in [2.05, 4.69) is 10.0 Å². The minimum absolute atomic E-state index is 0.0807. The second-order valence-corrected chi connectivity index (χ2v) is 9.20. The number of carbonyl (C=O) groups excluding carboxylic acids is 1. The van der Waals surface area contributed by atoms with Crippen LogP contribution >= 0.6 is 0 Å². The summed E-state index contributed by atoms with van der Waals surface area (Å²) >= 11 is 0. The molecule has 3 aromatic carbocycles. The van der Waals surface area contributed by atoms with Crippen molar-refractivity contribution in [1.82, 2.24) is 10.0 Å². The summed E-state index contributed by atoms with van der Waals surface area (Å²) in [6, 6.07) is 21.0. The van der Waals surface area contributed by atoms with Crippen LogP contribution in [0.4, 0.5) is 0 Å². The highest BCUT2D eigenvalue weighted by Crippen LogP contribution is 2.25. The molecule has 0 fully saturated rings. The zero-order valence-corrected chi connectivity index (χ0v) is 19.7. The summed E-state index contributed by atoms with van der Waals surface area (Å²) in [5, 5.41) is 2.89. The van der Waals surface area contributed by atoms with Crippen LogP contribution in [-0.2, 0) is 16.4 Å². The van der Waals surface area contributed by atoms with E-state index in [9.17, 15) is 13.2 Å². The first-order valence-corrected chi connectivity index (χ1v) is 12.0. The highest BCUT2D eigenvalue weighted by molar-refractivity contribution is 7.89. The van der Waals surface area contributed by atoms with Crippen LogP contribution in [0.3, 0.4) is 0 Å². The SMILES string of the molecule is COc1ccc(C(C)NC(=O)c2ccc(OC)c(S(=O)(=O)NCCc3ccccc3)c2)cc1. The summed E-state index contributed by atoms with van der Waals surface area (Å²) in [7, 11) is -0.904. The van der Waals surface area contributed by atoms with E-state index in [-0.39, 0.29) is 34.7 Å². The molecule has 0 bridgehead atoms. The minimum atomic E-state index is -3.89. The van der Waals surface area contributed by atoms with Crippen molar-refractivity contribution in [2.75, 3.05) is 20.8 Å². The molecule has 0 heterocycles. The van der Waals surface area contributed by atoms with Gasteiger partial charge >= 0.3 is 0 Å². The van der Waals surface area contributed by atoms with E-state index in [4.69, 9.17) is 9.47 Å². The molecule has 0 saturated heterocycles. The van der Waals surface area contributed by atoms with Gasteiger partial charge in [-0.15, -0.1) is 0 Å². The molecule has 0 aromatic heterocycles. The van der Waals surface area contributed by atoms with Crippen LogP contribution in [0.2, 0.25) is 0 Å². The molecule has 0 aliphatic carbocycles. The largest absolute Gasteiger partial charge is 0.497 e. The van der Waals surface area contributed by atoms with Gasteiger partial charge in [-0.05, 0) is 54.8 Å². The Hall–Kier alpha value is -3.36. The van der Waals surface area contributed by atoms with Gasteiger partial charge in [-0.3, -0.25) is 4.79 Å². The molecule has 8 heteroatoms. The van der Waals surface area contributed by atoms with E-state index in [1.54, 1.807) is 7.11 Å². The number of methoxy groups -OCH3 is 2. The lowest BCUT2D eigenvalue weighted by Crippen LogP contribution is -2.28. The minimum Gasteiger partial charge on any atom is -0.497 e. The van der Waals surface area contributed by atoms with Crippen molar-refractivity contribution in [3.8, 4) is 11.5 Å². The normalized spacial score (nSPS) is 12.1. The Kier molecular flexibility index (Phi) is 8.08. The van der Waals surface area contributed by atoms with Gasteiger partial charge in [-0.1, -0.05) is 42.5 Å². The summed E-state index contributed by atoms with van der Waals surface area (Å²) in [6.45, 7) is 2.08. The first kappa shape index (κ1) is 24.3. The maximum atomic E-state index is 12.9. The van der Waals surface area contributed by atoms with Crippen molar-refractivity contribution < 1.29 is 22.7 Å². The zero-order valence-electron chi connectivity index (χ0n) is 18.9. The van der Waals surface area contributed by atoms with Crippen LogP contribution < -0.4 is 19.5 Å². The summed E-state index contributed by atoms with van der Waals surface area (Å²) in [6.07, 6.45) is 0.544. The van der Waals surface area contributed by atoms with E-state index < -0.39 is 10.0 Å². The first-order valence-electron chi connectivity index (χ1n) is 10.5. The average Bonchev–Trinajstić information content (AvgIpc) is 2.84. The molecule has 33 heavy (non-hydrogen) atoms. The fourth-order valence-corrected chi connectivity index (χ4v) is 4.56. The Bertz CT molecular complexity index is 1180. The van der Waals surface area contributed by atoms with E-state index in [0.29, 0.717) is 6.42 Å². The van der Waals surface area contributed by atoms with E-state index in [0.717, 1.165) is 16.9 Å². The standard InChI is InChI=1S/C25H28N2O5S/c1-18(20-9-12-22(31-2)13-10-20)27-25(28)21-11-14-23(32-3)24(17-21)33(29,30)26-16-15-19-7-5-4-6-8-19/h4-14,17-18,26H,15-16H2,1-3H3,(H,27,28). The summed E-state index contributed by atoms with van der Waals surface area (Å²) in [4.78, 5) is 12.8. The number of hydrogen-bond acceptors (Lipinski definition) is 5. The molecular weight excluding hydrogens is 440 g/mol. The number of rotatable bonds is 10. The number of ether oxygens (including phenoxy) is 2. The van der Waals surface area contributed by atoms with E-state index in [1.165, 1.54) is 25.3 Å². The van der Waals surface area contributed by atoms with Gasteiger partial charge in [0.25, 0.3) is 5.91 Å². The Morgan fingerprint density at radius 1 is 0.939 bits per heavy atom. The third kappa shape index (κ3) is 6.34. The van der Waals surface area contributed by atoms with Crippen LogP contribution in [0.5, 0.6) is 11.5 Å². The molecule has 0 saturated carbocycles. The van der Waals surface area contributed by atoms with Gasteiger partial charge in [0.1, 0.15) is 16.4 Å². The molecule has 0 aliphatic rings. The van der Waals surface area contributed by atoms with Crippen molar-refractivity contribution in [2.24, 2.45) is 0 Å². The van der Waals surface area contributed by atoms with Crippen molar-refractivity contribution in [3.63, 3.8) is 0 Å². The second kappa shape index (κ2) is 11.0. The third-order valence-corrected chi connectivity index (χ3v) is 6.71. The highest BCUT2D eigenvalue weighted by Gasteiger charge is 2.22. The molecule has 3 rings (SSSR count). The van der Waals surface area contributed by atoms with Crippen molar-refractivity contribution >= 4 is 15.9 Å². The number of nitrogens with one attached hydrogen (secondary N) is 2. The van der Waals surface area contributed by atoms with Gasteiger partial charge in [0.2, 0.25) is 10.0 Å². The van der Waals surface area contributed by atoms with Gasteiger partial charge < -0.3 is 14.8 Å². The van der Waals surface area contributed by atoms with Gasteiger partial charge in [0, 0.05) is 12.1 Å². The monoisotopic (exact) mass is 468 g/mol. The summed E-state index contributed by atoms with van der Waals surface area (Å²) in [5.41, 5.74) is 2.14. The van der Waals surface area contributed by atoms with Gasteiger partial charge in [-0.25, -0.2) is 13.1 Å². The Labute approximate surface area is 194 Å². The maximum absolute atomic E-state index is 12.9. The van der Waals surface area contributed by atoms with Crippen LogP contribution in [0.15, 0.2) is 77.7 Å². The molecule has 1 amide bonds. The van der Waals surface area contributed by atoms with E-state index in [1.807, 2.05) is 61.5 Å². The topological polar surface area (TPSA) is 93.7 Å². The number of carbonyl (C=O) groups is 1. The van der Waals surface area contributed by atoms with E-state index >= 15 is 0 Å². The number of hydrogen-bond donors (Lipinski definition) is 2. The molecule has 174 valence electrons. The molecule has 3 aromatic rings. The lowest BCUT2D eigenvalue weighted by molar-refractivity contribution is 0.0939. The predicted octanol–water partition coefficient (Wildman–Crippen LogP) is 3.72. The van der Waals surface area contributed by atoms with Crippen LogP contribution in [0.1, 0.15) is 34.5 Å². The smallest absolute Gasteiger partial charge is 0.251 e. The molecule has 1 unspecified atom stereocenters. The fraction of sp³-hybridized carbons (Fsp3) is 0.240. The lowest BCUT2D eigenvalue weighted by atomic mass is 10.1. The number of sulfonamides is 1. The quantitative estimate of drug-likeness (QED) is 0.473. The fourth-order valence-electron chi connectivity index (χ4n) is 3.34. The lowest BCUT2D eigenvalue weighted by Gasteiger charge is -2.16. The van der Waals surface area contributed by atoms with Crippen LogP contribution in [-0.4, -0.2) is 35.1 Å². The van der Waals surface area contributed by atoms with Gasteiger partial charge in [0.15, 0.2) is 0 Å². The van der Waals surface area contributed by atoms with Crippen molar-refractivity contribution in [3.05, 3.63) is 89.5 Å². The zero-order chi connectivity index (χ0) is 23.8. The Morgan fingerprint density at radius 2 is 1.64 bits per heavy atom. The summed E-state index contributed by atoms with van der Waals surface area (Å²) in [5.74, 6) is 0.505. The number of benzene rings is 3. The molecule has 1 atom stereocenters. The number of amides is 1. The van der Waals surface area contributed by atoms with Gasteiger partial charge in [-0.2, -0.15) is 0 Å². The molecule has 0 aliphatic heterocycles.